The lowest BCUT2D eigenvalue weighted by Crippen LogP contribution is -2.40. The highest BCUT2D eigenvalue weighted by Gasteiger charge is 2.33. The van der Waals surface area contributed by atoms with Crippen molar-refractivity contribution in [3.05, 3.63) is 84.7 Å². The summed E-state index contributed by atoms with van der Waals surface area (Å²) in [6.07, 6.45) is 18.0. The predicted octanol–water partition coefficient (Wildman–Crippen LogP) is 5.77. The molecule has 0 saturated heterocycles. The van der Waals surface area contributed by atoms with E-state index in [1.165, 1.54) is 32.1 Å². The van der Waals surface area contributed by atoms with E-state index in [0.29, 0.717) is 12.5 Å². The maximum atomic E-state index is 5.83. The van der Waals surface area contributed by atoms with Crippen LogP contribution >= 0.6 is 0 Å². The van der Waals surface area contributed by atoms with Gasteiger partial charge in [-0.15, -0.1) is 6.58 Å². The van der Waals surface area contributed by atoms with Crippen LogP contribution in [0.5, 0.6) is 5.88 Å². The molecule has 0 amide bonds. The number of pyridine rings is 1. The van der Waals surface area contributed by atoms with Gasteiger partial charge >= 0.3 is 0 Å². The molecule has 1 aliphatic rings. The average Bonchev–Trinajstić information content (AvgIpc) is 2.79. The Kier molecular flexibility index (Phi) is 8.05. The van der Waals surface area contributed by atoms with Crippen LogP contribution in [-0.4, -0.2) is 17.8 Å². The number of hydrogen-bond acceptors (Lipinski definition) is 4. The molecule has 2 heterocycles. The molecule has 4 heteroatoms. The van der Waals surface area contributed by atoms with E-state index in [2.05, 4.69) is 29.0 Å². The minimum atomic E-state index is -0.646. The maximum absolute atomic E-state index is 5.83. The van der Waals surface area contributed by atoms with Gasteiger partial charge in [-0.25, -0.2) is 4.98 Å². The SMILES string of the molecule is C=CCCCCCCCCOc1ccc(C2(c3ccccc3)N=CC=CN2)cn1. The Bertz CT molecular complexity index is 799. The van der Waals surface area contributed by atoms with Gasteiger partial charge in [0.05, 0.1) is 6.61 Å². The molecule has 3 rings (SSSR count). The maximum Gasteiger partial charge on any atom is 0.213 e. The van der Waals surface area contributed by atoms with Crippen molar-refractivity contribution in [1.29, 1.82) is 0 Å². The first-order chi connectivity index (χ1) is 14.3. The van der Waals surface area contributed by atoms with Gasteiger partial charge in [0.2, 0.25) is 5.88 Å². The number of hydrogen-bond donors (Lipinski definition) is 1. The standard InChI is InChI=1S/C25H31N3O/c1-2-3-4-5-6-7-8-12-20-29-24-17-16-23(21-26-24)25(27-18-13-19-28-25)22-14-10-9-11-15-22/h2,9-11,13-19,21,27H,1,3-8,12,20H2. The summed E-state index contributed by atoms with van der Waals surface area (Å²) in [4.78, 5) is 9.27. The van der Waals surface area contributed by atoms with Crippen LogP contribution in [-0.2, 0) is 5.66 Å². The molecule has 0 spiro atoms. The Hall–Kier alpha value is -2.88. The Labute approximate surface area is 174 Å². The van der Waals surface area contributed by atoms with Crippen LogP contribution < -0.4 is 10.1 Å². The lowest BCUT2D eigenvalue weighted by Gasteiger charge is -2.32. The number of nitrogens with one attached hydrogen (secondary N) is 1. The normalized spacial score (nSPS) is 17.7. The van der Waals surface area contributed by atoms with Gasteiger partial charge in [-0.1, -0.05) is 62.1 Å². The van der Waals surface area contributed by atoms with Crippen molar-refractivity contribution in [2.24, 2.45) is 4.99 Å². The quantitative estimate of drug-likeness (QED) is 0.370. The van der Waals surface area contributed by atoms with Crippen molar-refractivity contribution in [3.8, 4) is 5.88 Å². The first-order valence-electron chi connectivity index (χ1n) is 10.6. The number of aliphatic imine (C=N–C) groups is 1. The van der Waals surface area contributed by atoms with Crippen LogP contribution in [0.2, 0.25) is 0 Å². The molecule has 0 aliphatic carbocycles. The Morgan fingerprint density at radius 1 is 0.931 bits per heavy atom. The van der Waals surface area contributed by atoms with Gasteiger partial charge in [0.25, 0.3) is 0 Å². The van der Waals surface area contributed by atoms with Gasteiger partial charge in [0, 0.05) is 35.8 Å². The molecule has 0 fully saturated rings. The number of benzene rings is 1. The monoisotopic (exact) mass is 389 g/mol. The van der Waals surface area contributed by atoms with E-state index in [9.17, 15) is 0 Å². The summed E-state index contributed by atoms with van der Waals surface area (Å²) in [5.74, 6) is 0.665. The lowest BCUT2D eigenvalue weighted by molar-refractivity contribution is 0.292. The summed E-state index contributed by atoms with van der Waals surface area (Å²) in [6.45, 7) is 4.47. The topological polar surface area (TPSA) is 46.5 Å². The van der Waals surface area contributed by atoms with E-state index in [1.807, 2.05) is 61.1 Å². The molecule has 1 N–H and O–H groups in total. The van der Waals surface area contributed by atoms with Crippen LogP contribution in [0, 0.1) is 0 Å². The highest BCUT2D eigenvalue weighted by Crippen LogP contribution is 2.32. The number of ether oxygens (including phenoxy) is 1. The Balaban J connectivity index is 1.51. The zero-order chi connectivity index (χ0) is 20.2. The minimum absolute atomic E-state index is 0.646. The molecular formula is C25H31N3O. The van der Waals surface area contributed by atoms with E-state index in [4.69, 9.17) is 9.73 Å². The molecule has 4 nitrogen and oxygen atoms in total. The number of allylic oxidation sites excluding steroid dienone is 2. The fourth-order valence-electron chi connectivity index (χ4n) is 3.52. The summed E-state index contributed by atoms with van der Waals surface area (Å²) in [5, 5.41) is 3.40. The number of unbranched alkanes of at least 4 members (excludes halogenated alkanes) is 6. The second kappa shape index (κ2) is 11.2. The number of nitrogens with zero attached hydrogens (tertiary/aromatic N) is 2. The third kappa shape index (κ3) is 5.80. The molecule has 1 aromatic carbocycles. The van der Waals surface area contributed by atoms with Gasteiger partial charge in [0.1, 0.15) is 0 Å². The molecule has 0 bridgehead atoms. The summed E-state index contributed by atoms with van der Waals surface area (Å²) in [5.41, 5.74) is 1.41. The fraction of sp³-hybridized carbons (Fsp3) is 0.360. The van der Waals surface area contributed by atoms with Gasteiger partial charge in [0.15, 0.2) is 5.66 Å². The second-order valence-corrected chi connectivity index (χ2v) is 7.29. The summed E-state index contributed by atoms with van der Waals surface area (Å²) >= 11 is 0. The van der Waals surface area contributed by atoms with E-state index in [1.54, 1.807) is 0 Å². The van der Waals surface area contributed by atoms with Crippen molar-refractivity contribution in [3.63, 3.8) is 0 Å². The number of rotatable bonds is 12. The van der Waals surface area contributed by atoms with Crippen LogP contribution in [0.1, 0.15) is 56.1 Å². The molecular weight excluding hydrogens is 358 g/mol. The van der Waals surface area contributed by atoms with E-state index < -0.39 is 5.66 Å². The zero-order valence-corrected chi connectivity index (χ0v) is 17.1. The fourth-order valence-corrected chi connectivity index (χ4v) is 3.52. The average molecular weight is 390 g/mol. The number of aromatic nitrogens is 1. The summed E-state index contributed by atoms with van der Waals surface area (Å²) in [7, 11) is 0. The highest BCUT2D eigenvalue weighted by molar-refractivity contribution is 5.73. The van der Waals surface area contributed by atoms with Gasteiger partial charge in [-0.3, -0.25) is 4.99 Å². The van der Waals surface area contributed by atoms with Crippen molar-refractivity contribution in [2.75, 3.05) is 6.61 Å². The molecule has 152 valence electrons. The summed E-state index contributed by atoms with van der Waals surface area (Å²) < 4.78 is 5.83. The van der Waals surface area contributed by atoms with Crippen molar-refractivity contribution in [1.82, 2.24) is 10.3 Å². The largest absolute Gasteiger partial charge is 0.478 e. The smallest absolute Gasteiger partial charge is 0.213 e. The third-order valence-corrected chi connectivity index (χ3v) is 5.14. The first-order valence-corrected chi connectivity index (χ1v) is 10.6. The van der Waals surface area contributed by atoms with Crippen molar-refractivity contribution in [2.45, 2.75) is 50.6 Å². The Morgan fingerprint density at radius 2 is 1.72 bits per heavy atom. The third-order valence-electron chi connectivity index (χ3n) is 5.14. The van der Waals surface area contributed by atoms with E-state index >= 15 is 0 Å². The molecule has 1 aliphatic heterocycles. The zero-order valence-electron chi connectivity index (χ0n) is 17.1. The van der Waals surface area contributed by atoms with Crippen molar-refractivity contribution < 1.29 is 4.74 Å². The van der Waals surface area contributed by atoms with Crippen LogP contribution in [0.25, 0.3) is 0 Å². The molecule has 1 unspecified atom stereocenters. The van der Waals surface area contributed by atoms with Crippen molar-refractivity contribution >= 4 is 6.21 Å². The predicted molar refractivity (Wildman–Crippen MR) is 120 cm³/mol. The van der Waals surface area contributed by atoms with Crippen LogP contribution in [0.4, 0.5) is 0 Å². The molecule has 0 saturated carbocycles. The van der Waals surface area contributed by atoms with Gasteiger partial charge < -0.3 is 10.1 Å². The second-order valence-electron chi connectivity index (χ2n) is 7.29. The van der Waals surface area contributed by atoms with Gasteiger partial charge in [-0.2, -0.15) is 0 Å². The Morgan fingerprint density at radius 3 is 2.41 bits per heavy atom. The molecule has 0 radical (unpaired) electrons. The molecule has 29 heavy (non-hydrogen) atoms. The highest BCUT2D eigenvalue weighted by atomic mass is 16.5. The molecule has 2 aromatic rings. The molecule has 1 atom stereocenters. The minimum Gasteiger partial charge on any atom is -0.478 e. The lowest BCUT2D eigenvalue weighted by atomic mass is 9.92. The van der Waals surface area contributed by atoms with E-state index in [0.717, 1.165) is 24.0 Å². The van der Waals surface area contributed by atoms with E-state index in [-0.39, 0.29) is 0 Å². The van der Waals surface area contributed by atoms with Crippen LogP contribution in [0.15, 0.2) is 78.6 Å². The first kappa shape index (κ1) is 20.8. The molecule has 1 aromatic heterocycles. The summed E-state index contributed by atoms with van der Waals surface area (Å²) in [6, 6.07) is 14.2. The van der Waals surface area contributed by atoms with Gasteiger partial charge in [-0.05, 0) is 31.4 Å². The van der Waals surface area contributed by atoms with Crippen LogP contribution in [0.3, 0.4) is 0 Å².